The second-order valence-corrected chi connectivity index (χ2v) is 5.52. The van der Waals surface area contributed by atoms with E-state index in [1.807, 2.05) is 13.8 Å². The van der Waals surface area contributed by atoms with Crippen molar-refractivity contribution in [3.8, 4) is 22.9 Å². The average molecular weight is 353 g/mol. The molecule has 1 heterocycles. The number of hydrogen-bond donors (Lipinski definition) is 0. The van der Waals surface area contributed by atoms with Crippen LogP contribution in [0.2, 0.25) is 0 Å². The predicted octanol–water partition coefficient (Wildman–Crippen LogP) is 3.74. The van der Waals surface area contributed by atoms with Crippen molar-refractivity contribution in [2.24, 2.45) is 0 Å². The maximum Gasteiger partial charge on any atom is 0.387 e. The van der Waals surface area contributed by atoms with Crippen molar-refractivity contribution < 1.29 is 22.8 Å². The first-order valence-corrected chi connectivity index (χ1v) is 7.75. The van der Waals surface area contributed by atoms with Crippen LogP contribution in [0.15, 0.2) is 34.9 Å². The summed E-state index contributed by atoms with van der Waals surface area (Å²) in [5.41, 5.74) is 1.62. The lowest BCUT2D eigenvalue weighted by Crippen LogP contribution is -2.24. The summed E-state index contributed by atoms with van der Waals surface area (Å²) in [5.74, 6) is 0.929. The Bertz CT molecular complexity index is 719. The number of ether oxygens (including phenoxy) is 2. The normalized spacial score (nSPS) is 11.2. The van der Waals surface area contributed by atoms with Crippen molar-refractivity contribution in [1.82, 2.24) is 15.0 Å². The molecule has 0 spiro atoms. The van der Waals surface area contributed by atoms with Gasteiger partial charge in [0.1, 0.15) is 0 Å². The van der Waals surface area contributed by atoms with Crippen LogP contribution in [-0.2, 0) is 6.54 Å². The fourth-order valence-electron chi connectivity index (χ4n) is 2.29. The van der Waals surface area contributed by atoms with E-state index in [-0.39, 0.29) is 11.5 Å². The molecule has 8 heteroatoms. The first-order chi connectivity index (χ1) is 11.9. The topological polar surface area (TPSA) is 60.6 Å². The fraction of sp³-hybridized carbons (Fsp3) is 0.412. The van der Waals surface area contributed by atoms with Gasteiger partial charge in [-0.3, -0.25) is 4.90 Å². The summed E-state index contributed by atoms with van der Waals surface area (Å²) in [6.07, 6.45) is 0. The van der Waals surface area contributed by atoms with Crippen molar-refractivity contribution >= 4 is 0 Å². The van der Waals surface area contributed by atoms with Gasteiger partial charge >= 0.3 is 6.61 Å². The van der Waals surface area contributed by atoms with Crippen molar-refractivity contribution in [1.29, 1.82) is 0 Å². The van der Waals surface area contributed by atoms with Crippen LogP contribution in [0, 0.1) is 0 Å². The molecule has 0 unspecified atom stereocenters. The molecular weight excluding hydrogens is 332 g/mol. The van der Waals surface area contributed by atoms with E-state index < -0.39 is 6.61 Å². The quantitative estimate of drug-likeness (QED) is 0.640. The maximum atomic E-state index is 12.4. The fourth-order valence-corrected chi connectivity index (χ4v) is 2.29. The molecule has 25 heavy (non-hydrogen) atoms. The molecule has 0 saturated carbocycles. The van der Waals surface area contributed by atoms with Crippen molar-refractivity contribution in [2.75, 3.05) is 20.2 Å². The molecule has 1 aromatic heterocycles. The van der Waals surface area contributed by atoms with Gasteiger partial charge in [-0.15, -0.1) is 0 Å². The van der Waals surface area contributed by atoms with Gasteiger partial charge in [-0.25, -0.2) is 0 Å². The number of hydrogen-bond acceptors (Lipinski definition) is 6. The van der Waals surface area contributed by atoms with Crippen LogP contribution in [0.1, 0.15) is 19.7 Å². The smallest absolute Gasteiger partial charge is 0.387 e. The number of likely N-dealkylation sites (N-methyl/N-ethyl adjacent to an activating group) is 1. The molecule has 2 aromatic rings. The van der Waals surface area contributed by atoms with E-state index >= 15 is 0 Å². The van der Waals surface area contributed by atoms with Crippen LogP contribution in [-0.4, -0.2) is 41.9 Å². The molecule has 0 aliphatic carbocycles. The number of methoxy groups -OCH3 is 1. The Morgan fingerprint density at radius 1 is 1.36 bits per heavy atom. The van der Waals surface area contributed by atoms with E-state index in [0.717, 1.165) is 18.7 Å². The highest BCUT2D eigenvalue weighted by molar-refractivity contribution is 5.60. The number of halogens is 2. The highest BCUT2D eigenvalue weighted by atomic mass is 19.3. The molecule has 0 fully saturated rings. The minimum atomic E-state index is -2.93. The van der Waals surface area contributed by atoms with Crippen LogP contribution in [0.25, 0.3) is 11.4 Å². The average Bonchev–Trinajstić information content (AvgIpc) is 3.02. The monoisotopic (exact) mass is 353 g/mol. The molecular formula is C17H21F2N3O3. The van der Waals surface area contributed by atoms with Gasteiger partial charge in [-0.1, -0.05) is 24.2 Å². The SMILES string of the molecule is C=C(C)CN(CC)Cc1nc(-c2ccc(OC(F)F)c(OC)c2)no1. The number of nitrogens with zero attached hydrogens (tertiary/aromatic N) is 3. The summed E-state index contributed by atoms with van der Waals surface area (Å²) in [4.78, 5) is 6.46. The lowest BCUT2D eigenvalue weighted by molar-refractivity contribution is -0.0512. The van der Waals surface area contributed by atoms with Gasteiger partial charge in [0.05, 0.1) is 13.7 Å². The Labute approximate surface area is 145 Å². The molecule has 0 amide bonds. The molecule has 0 bridgehead atoms. The van der Waals surface area contributed by atoms with E-state index in [4.69, 9.17) is 9.26 Å². The molecule has 6 nitrogen and oxygen atoms in total. The molecule has 0 aliphatic heterocycles. The van der Waals surface area contributed by atoms with E-state index in [2.05, 4.69) is 26.4 Å². The van der Waals surface area contributed by atoms with Gasteiger partial charge in [-0.05, 0) is 31.7 Å². The van der Waals surface area contributed by atoms with Crippen molar-refractivity contribution in [3.63, 3.8) is 0 Å². The maximum absolute atomic E-state index is 12.4. The van der Waals surface area contributed by atoms with Crippen LogP contribution in [0.4, 0.5) is 8.78 Å². The highest BCUT2D eigenvalue weighted by Gasteiger charge is 2.16. The molecule has 1 aromatic carbocycles. The lowest BCUT2D eigenvalue weighted by atomic mass is 10.2. The predicted molar refractivity (Wildman–Crippen MR) is 88.7 cm³/mol. The third kappa shape index (κ3) is 5.25. The highest BCUT2D eigenvalue weighted by Crippen LogP contribution is 2.32. The van der Waals surface area contributed by atoms with Crippen LogP contribution >= 0.6 is 0 Å². The zero-order valence-corrected chi connectivity index (χ0v) is 14.5. The Morgan fingerprint density at radius 3 is 2.72 bits per heavy atom. The van der Waals surface area contributed by atoms with Gasteiger partial charge < -0.3 is 14.0 Å². The standard InChI is InChI=1S/C17H21F2N3O3/c1-5-22(9-11(2)3)10-15-20-16(21-25-15)12-6-7-13(24-17(18)19)14(8-12)23-4/h6-8,17H,2,5,9-10H2,1,3-4H3. The first-order valence-electron chi connectivity index (χ1n) is 7.75. The lowest BCUT2D eigenvalue weighted by Gasteiger charge is -2.17. The van der Waals surface area contributed by atoms with Gasteiger partial charge in [-0.2, -0.15) is 13.8 Å². The second-order valence-electron chi connectivity index (χ2n) is 5.52. The van der Waals surface area contributed by atoms with Gasteiger partial charge in [0, 0.05) is 12.1 Å². The molecule has 0 saturated heterocycles. The molecule has 0 radical (unpaired) electrons. The van der Waals surface area contributed by atoms with Gasteiger partial charge in [0.2, 0.25) is 11.7 Å². The largest absolute Gasteiger partial charge is 0.493 e. The Hall–Kier alpha value is -2.48. The Morgan fingerprint density at radius 2 is 2.12 bits per heavy atom. The summed E-state index contributed by atoms with van der Waals surface area (Å²) in [7, 11) is 1.37. The Balaban J connectivity index is 2.17. The Kier molecular flexibility index (Phi) is 6.46. The van der Waals surface area contributed by atoms with E-state index in [1.54, 1.807) is 6.07 Å². The zero-order valence-electron chi connectivity index (χ0n) is 14.5. The second kappa shape index (κ2) is 8.57. The number of benzene rings is 1. The summed E-state index contributed by atoms with van der Waals surface area (Å²) >= 11 is 0. The van der Waals surface area contributed by atoms with E-state index in [9.17, 15) is 8.78 Å². The summed E-state index contributed by atoms with van der Waals surface area (Å²) in [6.45, 7) is 7.02. The minimum Gasteiger partial charge on any atom is -0.493 e. The summed E-state index contributed by atoms with van der Waals surface area (Å²) in [5, 5.41) is 3.94. The van der Waals surface area contributed by atoms with Crippen LogP contribution < -0.4 is 9.47 Å². The zero-order chi connectivity index (χ0) is 18.4. The van der Waals surface area contributed by atoms with E-state index in [0.29, 0.717) is 23.8 Å². The number of rotatable bonds is 9. The summed E-state index contributed by atoms with van der Waals surface area (Å²) in [6, 6.07) is 4.48. The molecule has 0 N–H and O–H groups in total. The third-order valence-electron chi connectivity index (χ3n) is 3.41. The van der Waals surface area contributed by atoms with Crippen LogP contribution in [0.5, 0.6) is 11.5 Å². The first kappa shape index (κ1) is 18.9. The van der Waals surface area contributed by atoms with Gasteiger partial charge in [0.15, 0.2) is 11.5 Å². The molecule has 0 aliphatic rings. The summed E-state index contributed by atoms with van der Waals surface area (Å²) < 4.78 is 39.5. The van der Waals surface area contributed by atoms with Crippen molar-refractivity contribution in [2.45, 2.75) is 27.0 Å². The molecule has 0 atom stereocenters. The van der Waals surface area contributed by atoms with E-state index in [1.165, 1.54) is 19.2 Å². The third-order valence-corrected chi connectivity index (χ3v) is 3.41. The minimum absolute atomic E-state index is 0.0522. The molecule has 136 valence electrons. The number of aromatic nitrogens is 2. The van der Waals surface area contributed by atoms with Crippen molar-refractivity contribution in [3.05, 3.63) is 36.2 Å². The van der Waals surface area contributed by atoms with Gasteiger partial charge in [0.25, 0.3) is 0 Å². The molecule has 2 rings (SSSR count). The number of alkyl halides is 2. The van der Waals surface area contributed by atoms with Crippen LogP contribution in [0.3, 0.4) is 0 Å².